The van der Waals surface area contributed by atoms with Gasteiger partial charge in [0.25, 0.3) is 0 Å². The van der Waals surface area contributed by atoms with Gasteiger partial charge < -0.3 is 19.7 Å². The average molecular weight is 575 g/mol. The first kappa shape index (κ1) is 30.5. The Morgan fingerprint density at radius 3 is 1.17 bits per heavy atom. The second-order valence-corrected chi connectivity index (χ2v) is 11.5. The van der Waals surface area contributed by atoms with Crippen molar-refractivity contribution in [2.75, 3.05) is 78.7 Å². The highest BCUT2D eigenvalue weighted by atomic mass is 16.5. The number of aliphatic hydroxyl groups is 2. The molecule has 0 aliphatic carbocycles. The Kier molecular flexibility index (Phi) is 11.6. The Morgan fingerprint density at radius 2 is 0.810 bits per heavy atom. The minimum Gasteiger partial charge on any atom is -0.491 e. The fourth-order valence-electron chi connectivity index (χ4n) is 5.66. The van der Waals surface area contributed by atoms with Crippen LogP contribution >= 0.6 is 0 Å². The molecule has 2 aliphatic rings. The maximum atomic E-state index is 10.5. The van der Waals surface area contributed by atoms with Crippen molar-refractivity contribution >= 4 is 0 Å². The molecule has 0 amide bonds. The number of β-amino-alcohol motifs (C(OH)–C–C–N with tert-alkyl or cyclic N) is 2. The molecule has 42 heavy (non-hydrogen) atoms. The van der Waals surface area contributed by atoms with Gasteiger partial charge in [-0.2, -0.15) is 0 Å². The first-order valence-electron chi connectivity index (χ1n) is 15.3. The summed E-state index contributed by atoms with van der Waals surface area (Å²) in [5.41, 5.74) is 2.69. The highest BCUT2D eigenvalue weighted by Crippen LogP contribution is 2.18. The Morgan fingerprint density at radius 1 is 0.476 bits per heavy atom. The largest absolute Gasteiger partial charge is 0.491 e. The lowest BCUT2D eigenvalue weighted by Crippen LogP contribution is -2.48. The average Bonchev–Trinajstić information content (AvgIpc) is 3.02. The second kappa shape index (κ2) is 16.0. The van der Waals surface area contributed by atoms with Crippen LogP contribution in [0.1, 0.15) is 11.1 Å². The van der Waals surface area contributed by atoms with Crippen LogP contribution in [-0.2, 0) is 13.1 Å². The number of hydrogen-bond acceptors (Lipinski definition) is 8. The third kappa shape index (κ3) is 10.1. The Bertz CT molecular complexity index is 1060. The maximum absolute atomic E-state index is 10.5. The molecule has 226 valence electrons. The quantitative estimate of drug-likeness (QED) is 0.305. The van der Waals surface area contributed by atoms with E-state index in [0.717, 1.165) is 65.4 Å². The zero-order valence-corrected chi connectivity index (χ0v) is 24.6. The fourth-order valence-corrected chi connectivity index (χ4v) is 5.66. The number of benzene rings is 3. The lowest BCUT2D eigenvalue weighted by atomic mass is 10.2. The van der Waals surface area contributed by atoms with E-state index in [1.54, 1.807) is 0 Å². The summed E-state index contributed by atoms with van der Waals surface area (Å²) in [5, 5.41) is 21.1. The Labute approximate surface area is 250 Å². The van der Waals surface area contributed by atoms with Gasteiger partial charge in [-0.3, -0.25) is 19.6 Å². The molecule has 5 rings (SSSR count). The van der Waals surface area contributed by atoms with Crippen molar-refractivity contribution in [2.24, 2.45) is 0 Å². The van der Waals surface area contributed by atoms with Gasteiger partial charge in [0, 0.05) is 78.5 Å². The molecule has 8 heteroatoms. The number of ether oxygens (including phenoxy) is 2. The molecule has 0 saturated carbocycles. The molecule has 2 heterocycles. The first-order chi connectivity index (χ1) is 20.6. The van der Waals surface area contributed by atoms with Gasteiger partial charge in [0.2, 0.25) is 0 Å². The number of hydrogen-bond donors (Lipinski definition) is 2. The molecule has 3 aromatic rings. The van der Waals surface area contributed by atoms with E-state index in [9.17, 15) is 10.2 Å². The molecule has 0 aromatic heterocycles. The lowest BCUT2D eigenvalue weighted by Gasteiger charge is -2.35. The summed E-state index contributed by atoms with van der Waals surface area (Å²) < 4.78 is 11.7. The maximum Gasteiger partial charge on any atom is 0.119 e. The molecule has 2 atom stereocenters. The van der Waals surface area contributed by atoms with Gasteiger partial charge in [0.15, 0.2) is 0 Å². The SMILES string of the molecule is O[C@H](COc1ccc(OC[C@H](O)CN2CCN(Cc3ccccc3)CC2)cc1)CN1CCN(Cc2ccccc2)CC1. The minimum atomic E-state index is -0.544. The number of rotatable bonds is 14. The van der Waals surface area contributed by atoms with Crippen LogP contribution < -0.4 is 9.47 Å². The van der Waals surface area contributed by atoms with Crippen molar-refractivity contribution in [2.45, 2.75) is 25.3 Å². The molecule has 2 saturated heterocycles. The smallest absolute Gasteiger partial charge is 0.119 e. The van der Waals surface area contributed by atoms with Gasteiger partial charge in [0.1, 0.15) is 36.9 Å². The summed E-state index contributed by atoms with van der Waals surface area (Å²) in [5.74, 6) is 1.39. The third-order valence-corrected chi connectivity index (χ3v) is 8.07. The predicted molar refractivity (Wildman–Crippen MR) is 166 cm³/mol. The van der Waals surface area contributed by atoms with E-state index in [0.29, 0.717) is 24.6 Å². The van der Waals surface area contributed by atoms with Crippen LogP contribution in [0.2, 0.25) is 0 Å². The van der Waals surface area contributed by atoms with Gasteiger partial charge in [-0.1, -0.05) is 60.7 Å². The van der Waals surface area contributed by atoms with Gasteiger partial charge in [-0.25, -0.2) is 0 Å². The van der Waals surface area contributed by atoms with Crippen molar-refractivity contribution in [3.63, 3.8) is 0 Å². The van der Waals surface area contributed by atoms with Crippen molar-refractivity contribution in [1.82, 2.24) is 19.6 Å². The predicted octanol–water partition coefficient (Wildman–Crippen LogP) is 2.80. The first-order valence-corrected chi connectivity index (χ1v) is 15.3. The molecule has 0 spiro atoms. The molecule has 3 aromatic carbocycles. The topological polar surface area (TPSA) is 71.9 Å². The molecule has 0 bridgehead atoms. The van der Waals surface area contributed by atoms with Crippen LogP contribution in [0.15, 0.2) is 84.9 Å². The molecule has 2 aliphatic heterocycles. The van der Waals surface area contributed by atoms with E-state index in [-0.39, 0.29) is 13.2 Å². The second-order valence-electron chi connectivity index (χ2n) is 11.5. The summed E-state index contributed by atoms with van der Waals surface area (Å²) in [6, 6.07) is 28.5. The van der Waals surface area contributed by atoms with Crippen molar-refractivity contribution in [1.29, 1.82) is 0 Å². The minimum absolute atomic E-state index is 0.252. The van der Waals surface area contributed by atoms with Crippen molar-refractivity contribution in [3.05, 3.63) is 96.1 Å². The molecule has 0 unspecified atom stereocenters. The van der Waals surface area contributed by atoms with E-state index in [1.807, 2.05) is 24.3 Å². The van der Waals surface area contributed by atoms with E-state index in [4.69, 9.17) is 9.47 Å². The summed E-state index contributed by atoms with van der Waals surface area (Å²) in [7, 11) is 0. The fraction of sp³-hybridized carbons (Fsp3) is 0.471. The summed E-state index contributed by atoms with van der Waals surface area (Å²) in [6.45, 7) is 11.5. The Hall–Kier alpha value is -2.98. The lowest BCUT2D eigenvalue weighted by molar-refractivity contribution is 0.0437. The summed E-state index contributed by atoms with van der Waals surface area (Å²) in [4.78, 5) is 9.54. The third-order valence-electron chi connectivity index (χ3n) is 8.07. The Balaban J connectivity index is 0.928. The molecule has 8 nitrogen and oxygen atoms in total. The zero-order valence-electron chi connectivity index (χ0n) is 24.6. The van der Waals surface area contributed by atoms with Crippen LogP contribution in [0.4, 0.5) is 0 Å². The van der Waals surface area contributed by atoms with Gasteiger partial charge >= 0.3 is 0 Å². The molecule has 0 radical (unpaired) electrons. The van der Waals surface area contributed by atoms with Crippen LogP contribution in [0.3, 0.4) is 0 Å². The normalized spacial score (nSPS) is 18.9. The summed E-state index contributed by atoms with van der Waals surface area (Å²) >= 11 is 0. The zero-order chi connectivity index (χ0) is 29.0. The highest BCUT2D eigenvalue weighted by Gasteiger charge is 2.21. The van der Waals surface area contributed by atoms with E-state index < -0.39 is 12.2 Å². The van der Waals surface area contributed by atoms with Crippen LogP contribution in [0.5, 0.6) is 11.5 Å². The monoisotopic (exact) mass is 574 g/mol. The summed E-state index contributed by atoms with van der Waals surface area (Å²) in [6.07, 6.45) is -1.09. The van der Waals surface area contributed by atoms with Crippen molar-refractivity contribution < 1.29 is 19.7 Å². The van der Waals surface area contributed by atoms with Crippen molar-refractivity contribution in [3.8, 4) is 11.5 Å². The van der Waals surface area contributed by atoms with E-state index >= 15 is 0 Å². The van der Waals surface area contributed by atoms with Crippen LogP contribution in [-0.4, -0.2) is 121 Å². The van der Waals surface area contributed by atoms with E-state index in [2.05, 4.69) is 80.3 Å². The van der Waals surface area contributed by atoms with E-state index in [1.165, 1.54) is 11.1 Å². The molecule has 2 N–H and O–H groups in total. The van der Waals surface area contributed by atoms with Gasteiger partial charge in [-0.05, 0) is 35.4 Å². The van der Waals surface area contributed by atoms with Crippen LogP contribution in [0, 0.1) is 0 Å². The van der Waals surface area contributed by atoms with Gasteiger partial charge in [-0.15, -0.1) is 0 Å². The molecular formula is C34H46N4O4. The number of nitrogens with zero attached hydrogens (tertiary/aromatic N) is 4. The molecular weight excluding hydrogens is 528 g/mol. The molecule has 2 fully saturated rings. The van der Waals surface area contributed by atoms with Gasteiger partial charge in [0.05, 0.1) is 0 Å². The van der Waals surface area contributed by atoms with Crippen LogP contribution in [0.25, 0.3) is 0 Å². The number of aliphatic hydroxyl groups excluding tert-OH is 2. The number of piperazine rings is 2. The standard InChI is InChI=1S/C34H46N4O4/c39-31(25-37-19-15-35(16-20-37)23-29-7-3-1-4-8-29)27-41-33-11-13-34(14-12-33)42-28-32(40)26-38-21-17-36(18-22-38)24-30-9-5-2-6-10-30/h1-14,31-32,39-40H,15-28H2/t31-,32+. The highest BCUT2D eigenvalue weighted by molar-refractivity contribution is 5.31.